The van der Waals surface area contributed by atoms with Gasteiger partial charge in [-0.25, -0.2) is 8.42 Å². The molecule has 0 spiro atoms. The second-order valence-corrected chi connectivity index (χ2v) is 9.06. The number of nitrogens with zero attached hydrogens (tertiary/aromatic N) is 2. The minimum atomic E-state index is -3.44. The minimum Gasteiger partial charge on any atom is -0.322 e. The lowest BCUT2D eigenvalue weighted by atomic mass is 10.1. The first kappa shape index (κ1) is 19.8. The van der Waals surface area contributed by atoms with Gasteiger partial charge in [0.15, 0.2) is 0 Å². The largest absolute Gasteiger partial charge is 0.322 e. The molecule has 2 aromatic carbocycles. The Bertz CT molecular complexity index is 1080. The van der Waals surface area contributed by atoms with Gasteiger partial charge < -0.3 is 5.32 Å². The number of sulfonamides is 1. The molecule has 10 heteroatoms. The zero-order valence-electron chi connectivity index (χ0n) is 13.7. The molecule has 0 bridgehead atoms. The Labute approximate surface area is 171 Å². The van der Waals surface area contributed by atoms with E-state index in [2.05, 4.69) is 5.32 Å². The quantitative estimate of drug-likeness (QED) is 0.763. The summed E-state index contributed by atoms with van der Waals surface area (Å²) in [5.41, 5.74) is 0.866. The third-order valence-corrected chi connectivity index (χ3v) is 6.82. The van der Waals surface area contributed by atoms with Crippen molar-refractivity contribution in [3.63, 3.8) is 0 Å². The Kier molecular flexibility index (Phi) is 5.54. The molecule has 140 valence electrons. The Morgan fingerprint density at radius 1 is 1.15 bits per heavy atom. The summed E-state index contributed by atoms with van der Waals surface area (Å²) >= 11 is 18.2. The van der Waals surface area contributed by atoms with Crippen molar-refractivity contribution < 1.29 is 13.2 Å². The van der Waals surface area contributed by atoms with Crippen molar-refractivity contribution in [2.24, 2.45) is 0 Å². The number of nitriles is 1. The van der Waals surface area contributed by atoms with Gasteiger partial charge in [-0.05, 0) is 36.8 Å². The van der Waals surface area contributed by atoms with Crippen LogP contribution in [0.25, 0.3) is 0 Å². The van der Waals surface area contributed by atoms with Gasteiger partial charge in [-0.2, -0.15) is 5.26 Å². The van der Waals surface area contributed by atoms with E-state index in [0.717, 1.165) is 0 Å². The Morgan fingerprint density at radius 2 is 1.89 bits per heavy atom. The number of amides is 1. The molecule has 0 aliphatic carbocycles. The maximum absolute atomic E-state index is 12.7. The van der Waals surface area contributed by atoms with Crippen LogP contribution in [-0.4, -0.2) is 26.6 Å². The van der Waals surface area contributed by atoms with Crippen LogP contribution >= 0.6 is 34.8 Å². The van der Waals surface area contributed by atoms with E-state index in [4.69, 9.17) is 40.1 Å². The number of hydrogen-bond acceptors (Lipinski definition) is 4. The molecular formula is C17H12Cl3N3O3S. The first-order chi connectivity index (χ1) is 12.7. The van der Waals surface area contributed by atoms with Crippen LogP contribution in [0.3, 0.4) is 0 Å². The van der Waals surface area contributed by atoms with Crippen LogP contribution in [0, 0.1) is 11.3 Å². The molecule has 0 radical (unpaired) electrons. The zero-order valence-corrected chi connectivity index (χ0v) is 16.8. The fourth-order valence-electron chi connectivity index (χ4n) is 2.74. The summed E-state index contributed by atoms with van der Waals surface area (Å²) in [6.45, 7) is 0.307. The number of benzene rings is 2. The first-order valence-corrected chi connectivity index (χ1v) is 10.5. The van der Waals surface area contributed by atoms with Gasteiger partial charge in [0.05, 0.1) is 38.7 Å². The number of nitrogens with one attached hydrogen (secondary N) is 1. The SMILES string of the molecule is N#Cc1cc(Cl)cc(NC(=O)c2cc(N3CCCS3(=O)=O)cc(Cl)c2Cl)c1. The molecule has 1 aliphatic heterocycles. The van der Waals surface area contributed by atoms with Crippen LogP contribution in [0.2, 0.25) is 15.1 Å². The molecule has 0 unspecified atom stereocenters. The van der Waals surface area contributed by atoms with Gasteiger partial charge in [0.25, 0.3) is 5.91 Å². The predicted octanol–water partition coefficient (Wildman–Crippen LogP) is 4.31. The highest BCUT2D eigenvalue weighted by Gasteiger charge is 2.30. The van der Waals surface area contributed by atoms with Crippen molar-refractivity contribution in [3.8, 4) is 6.07 Å². The number of rotatable bonds is 3. The molecule has 2 aromatic rings. The van der Waals surface area contributed by atoms with Gasteiger partial charge in [0, 0.05) is 17.3 Å². The van der Waals surface area contributed by atoms with Crippen molar-refractivity contribution in [1.29, 1.82) is 5.26 Å². The minimum absolute atomic E-state index is 0.00273. The monoisotopic (exact) mass is 443 g/mol. The fourth-order valence-corrected chi connectivity index (χ4v) is 4.93. The zero-order chi connectivity index (χ0) is 19.8. The smallest absolute Gasteiger partial charge is 0.257 e. The second kappa shape index (κ2) is 7.56. The highest BCUT2D eigenvalue weighted by atomic mass is 35.5. The lowest BCUT2D eigenvalue weighted by molar-refractivity contribution is 0.102. The lowest BCUT2D eigenvalue weighted by Gasteiger charge is -2.19. The molecule has 27 heavy (non-hydrogen) atoms. The summed E-state index contributed by atoms with van der Waals surface area (Å²) in [5.74, 6) is -0.569. The summed E-state index contributed by atoms with van der Waals surface area (Å²) in [4.78, 5) is 12.7. The van der Waals surface area contributed by atoms with Gasteiger partial charge in [-0.15, -0.1) is 0 Å². The molecule has 1 saturated heterocycles. The fraction of sp³-hybridized carbons (Fsp3) is 0.176. The van der Waals surface area contributed by atoms with Gasteiger partial charge in [0.1, 0.15) is 0 Å². The number of carbonyl (C=O) groups is 1. The predicted molar refractivity (Wildman–Crippen MR) is 106 cm³/mol. The molecule has 0 aromatic heterocycles. The van der Waals surface area contributed by atoms with Gasteiger partial charge in [-0.3, -0.25) is 9.10 Å². The Morgan fingerprint density at radius 3 is 2.52 bits per heavy atom. The molecule has 3 rings (SSSR count). The van der Waals surface area contributed by atoms with Crippen molar-refractivity contribution in [2.75, 3.05) is 21.9 Å². The standard InChI is InChI=1S/C17H12Cl3N3O3S/c18-11-4-10(9-21)5-12(6-11)22-17(24)14-7-13(8-15(19)16(14)20)23-2-1-3-27(23,25)26/h4-8H,1-3H2,(H,22,24). The average molecular weight is 445 g/mol. The van der Waals surface area contributed by atoms with E-state index < -0.39 is 15.9 Å². The average Bonchev–Trinajstić information content (AvgIpc) is 2.95. The maximum Gasteiger partial charge on any atom is 0.257 e. The number of anilines is 2. The van der Waals surface area contributed by atoms with Gasteiger partial charge in [-0.1, -0.05) is 34.8 Å². The van der Waals surface area contributed by atoms with Crippen molar-refractivity contribution in [3.05, 3.63) is 56.5 Å². The summed E-state index contributed by atoms with van der Waals surface area (Å²) in [7, 11) is -3.44. The normalized spacial score (nSPS) is 15.4. The van der Waals surface area contributed by atoms with E-state index in [1.165, 1.54) is 34.6 Å². The van der Waals surface area contributed by atoms with Crippen LogP contribution in [0.1, 0.15) is 22.3 Å². The van der Waals surface area contributed by atoms with E-state index in [-0.39, 0.29) is 37.6 Å². The van der Waals surface area contributed by atoms with Crippen molar-refractivity contribution >= 4 is 62.1 Å². The summed E-state index contributed by atoms with van der Waals surface area (Å²) in [5, 5.41) is 11.9. The molecule has 1 amide bonds. The molecule has 1 N–H and O–H groups in total. The van der Waals surface area contributed by atoms with Crippen LogP contribution < -0.4 is 9.62 Å². The van der Waals surface area contributed by atoms with Crippen LogP contribution in [-0.2, 0) is 10.0 Å². The molecule has 0 atom stereocenters. The summed E-state index contributed by atoms with van der Waals surface area (Å²) in [6, 6.07) is 9.12. The highest BCUT2D eigenvalue weighted by Crippen LogP contribution is 2.34. The highest BCUT2D eigenvalue weighted by molar-refractivity contribution is 7.93. The molecule has 0 saturated carbocycles. The van der Waals surface area contributed by atoms with Crippen LogP contribution in [0.4, 0.5) is 11.4 Å². The maximum atomic E-state index is 12.7. The van der Waals surface area contributed by atoms with Crippen LogP contribution in [0.5, 0.6) is 0 Å². The Hall–Kier alpha value is -1.98. The summed E-state index contributed by atoms with van der Waals surface area (Å²) < 4.78 is 25.5. The van der Waals surface area contributed by atoms with Crippen molar-refractivity contribution in [1.82, 2.24) is 0 Å². The third kappa shape index (κ3) is 4.14. The molecule has 6 nitrogen and oxygen atoms in total. The molecule has 1 aliphatic rings. The molecule has 1 heterocycles. The second-order valence-electron chi connectivity index (χ2n) is 5.83. The lowest BCUT2D eigenvalue weighted by Crippen LogP contribution is -2.25. The number of carbonyl (C=O) groups excluding carboxylic acids is 1. The summed E-state index contributed by atoms with van der Waals surface area (Å²) in [6.07, 6.45) is 0.490. The van der Waals surface area contributed by atoms with E-state index in [0.29, 0.717) is 18.7 Å². The van der Waals surface area contributed by atoms with E-state index >= 15 is 0 Å². The Balaban J connectivity index is 1.98. The van der Waals surface area contributed by atoms with E-state index in [9.17, 15) is 13.2 Å². The van der Waals surface area contributed by atoms with Crippen LogP contribution in [0.15, 0.2) is 30.3 Å². The third-order valence-electron chi connectivity index (χ3n) is 3.93. The molecule has 1 fully saturated rings. The van der Waals surface area contributed by atoms with Crippen molar-refractivity contribution in [2.45, 2.75) is 6.42 Å². The van der Waals surface area contributed by atoms with Gasteiger partial charge in [0.2, 0.25) is 10.0 Å². The number of halogens is 3. The van der Waals surface area contributed by atoms with Gasteiger partial charge >= 0.3 is 0 Å². The van der Waals surface area contributed by atoms with E-state index in [1.807, 2.05) is 6.07 Å². The van der Waals surface area contributed by atoms with E-state index in [1.54, 1.807) is 0 Å². The number of hydrogen-bond donors (Lipinski definition) is 1. The molecular weight excluding hydrogens is 433 g/mol. The first-order valence-electron chi connectivity index (χ1n) is 7.73. The topological polar surface area (TPSA) is 90.3 Å².